The van der Waals surface area contributed by atoms with Crippen LogP contribution in [0.3, 0.4) is 0 Å². The lowest BCUT2D eigenvalue weighted by Gasteiger charge is -2.50. The Morgan fingerprint density at radius 1 is 1.20 bits per heavy atom. The summed E-state index contributed by atoms with van der Waals surface area (Å²) in [5, 5.41) is 0. The van der Waals surface area contributed by atoms with Crippen molar-refractivity contribution in [1.29, 1.82) is 0 Å². The molecule has 0 radical (unpaired) electrons. The minimum Gasteiger partial charge on any atom is -0.381 e. The molecule has 1 aliphatic heterocycles. The van der Waals surface area contributed by atoms with Crippen LogP contribution < -0.4 is 5.73 Å². The molecule has 118 valence electrons. The molecule has 0 aromatic heterocycles. The highest BCUT2D eigenvalue weighted by atomic mass is 16.5. The maximum absolute atomic E-state index is 6.18. The van der Waals surface area contributed by atoms with Gasteiger partial charge in [0.15, 0.2) is 0 Å². The Balaban J connectivity index is 1.93. The van der Waals surface area contributed by atoms with Gasteiger partial charge >= 0.3 is 0 Å². The third-order valence-corrected chi connectivity index (χ3v) is 5.18. The zero-order chi connectivity index (χ0) is 14.4. The molecule has 1 unspecified atom stereocenters. The number of hydrogen-bond acceptors (Lipinski definition) is 4. The van der Waals surface area contributed by atoms with Crippen LogP contribution in [0.15, 0.2) is 0 Å². The molecule has 1 saturated carbocycles. The molecule has 4 nitrogen and oxygen atoms in total. The molecule has 1 aliphatic carbocycles. The van der Waals surface area contributed by atoms with Crippen LogP contribution in [0, 0.1) is 0 Å². The van der Waals surface area contributed by atoms with E-state index in [1.807, 2.05) is 7.11 Å². The summed E-state index contributed by atoms with van der Waals surface area (Å²) in [4.78, 5) is 2.63. The molecule has 0 aromatic carbocycles. The van der Waals surface area contributed by atoms with Gasteiger partial charge in [0.1, 0.15) is 0 Å². The van der Waals surface area contributed by atoms with Crippen LogP contribution >= 0.6 is 0 Å². The van der Waals surface area contributed by atoms with Crippen LogP contribution in [-0.2, 0) is 9.47 Å². The number of ether oxygens (including phenoxy) is 2. The lowest BCUT2D eigenvalue weighted by Crippen LogP contribution is -2.60. The summed E-state index contributed by atoms with van der Waals surface area (Å²) in [7, 11) is 1.83. The predicted octanol–water partition coefficient (Wildman–Crippen LogP) is 2.16. The van der Waals surface area contributed by atoms with Crippen molar-refractivity contribution in [1.82, 2.24) is 4.90 Å². The minimum absolute atomic E-state index is 0.198. The van der Waals surface area contributed by atoms with E-state index in [1.54, 1.807) is 0 Å². The van der Waals surface area contributed by atoms with Crippen LogP contribution in [0.1, 0.15) is 51.9 Å². The molecule has 1 heterocycles. The molecule has 1 atom stereocenters. The summed E-state index contributed by atoms with van der Waals surface area (Å²) in [5.41, 5.74) is 6.38. The fourth-order valence-corrected chi connectivity index (χ4v) is 3.80. The Labute approximate surface area is 124 Å². The summed E-state index contributed by atoms with van der Waals surface area (Å²) in [5.74, 6) is 0. The average molecular weight is 284 g/mol. The molecule has 2 rings (SSSR count). The Morgan fingerprint density at radius 3 is 2.55 bits per heavy atom. The number of likely N-dealkylation sites (tertiary alicyclic amines) is 1. The molecular formula is C16H32N2O2. The van der Waals surface area contributed by atoms with Crippen molar-refractivity contribution in [3.05, 3.63) is 0 Å². The van der Waals surface area contributed by atoms with Crippen LogP contribution in [0.4, 0.5) is 0 Å². The molecule has 2 aliphatic rings. The first-order chi connectivity index (χ1) is 9.74. The second-order valence-electron chi connectivity index (χ2n) is 6.44. The summed E-state index contributed by atoms with van der Waals surface area (Å²) in [6.45, 7) is 6.08. The topological polar surface area (TPSA) is 47.7 Å². The van der Waals surface area contributed by atoms with E-state index in [2.05, 4.69) is 11.8 Å². The number of methoxy groups -OCH3 is 1. The molecule has 0 spiro atoms. The molecule has 2 fully saturated rings. The van der Waals surface area contributed by atoms with Crippen LogP contribution in [0.5, 0.6) is 0 Å². The molecular weight excluding hydrogens is 252 g/mol. The molecule has 2 N–H and O–H groups in total. The highest BCUT2D eigenvalue weighted by Crippen LogP contribution is 2.36. The Bertz CT molecular complexity index is 278. The van der Waals surface area contributed by atoms with Crippen molar-refractivity contribution in [2.24, 2.45) is 5.73 Å². The number of piperidine rings is 1. The van der Waals surface area contributed by atoms with Crippen LogP contribution in [-0.4, -0.2) is 56.0 Å². The summed E-state index contributed by atoms with van der Waals surface area (Å²) >= 11 is 0. The normalized spacial score (nSPS) is 36.1. The number of nitrogens with two attached hydrogens (primary N) is 1. The van der Waals surface area contributed by atoms with Crippen LogP contribution in [0.25, 0.3) is 0 Å². The second-order valence-corrected chi connectivity index (χ2v) is 6.44. The third-order valence-electron chi connectivity index (χ3n) is 5.18. The number of hydrogen-bond donors (Lipinski definition) is 1. The van der Waals surface area contributed by atoms with Crippen molar-refractivity contribution in [2.75, 3.05) is 33.4 Å². The summed E-state index contributed by atoms with van der Waals surface area (Å²) < 4.78 is 11.5. The Kier molecular flexibility index (Phi) is 6.27. The van der Waals surface area contributed by atoms with Gasteiger partial charge in [-0.1, -0.05) is 6.92 Å². The first-order valence-corrected chi connectivity index (χ1v) is 8.33. The summed E-state index contributed by atoms with van der Waals surface area (Å²) in [6, 6.07) is 0. The van der Waals surface area contributed by atoms with Gasteiger partial charge in [-0.25, -0.2) is 0 Å². The first-order valence-electron chi connectivity index (χ1n) is 8.33. The standard InChI is InChI=1S/C16H32N2O2/c1-3-11-20-15-5-4-10-18(12-15)16(13-17)8-6-14(19-2)7-9-16/h14-15H,3-13,17H2,1-2H3. The van der Waals surface area contributed by atoms with Crippen LogP contribution in [0.2, 0.25) is 0 Å². The SMILES string of the molecule is CCCOC1CCCN(C2(CN)CCC(OC)CC2)C1. The lowest BCUT2D eigenvalue weighted by molar-refractivity contribution is -0.0614. The van der Waals surface area contributed by atoms with Crippen molar-refractivity contribution < 1.29 is 9.47 Å². The zero-order valence-corrected chi connectivity index (χ0v) is 13.3. The van der Waals surface area contributed by atoms with Gasteiger partial charge in [-0.05, 0) is 51.5 Å². The maximum atomic E-state index is 6.18. The molecule has 0 bridgehead atoms. The fraction of sp³-hybridized carbons (Fsp3) is 1.00. The Morgan fingerprint density at radius 2 is 1.95 bits per heavy atom. The highest BCUT2D eigenvalue weighted by Gasteiger charge is 2.41. The van der Waals surface area contributed by atoms with Gasteiger partial charge in [-0.15, -0.1) is 0 Å². The largest absolute Gasteiger partial charge is 0.381 e. The van der Waals surface area contributed by atoms with Gasteiger partial charge in [0.25, 0.3) is 0 Å². The van der Waals surface area contributed by atoms with Crippen molar-refractivity contribution >= 4 is 0 Å². The van der Waals surface area contributed by atoms with E-state index in [9.17, 15) is 0 Å². The van der Waals surface area contributed by atoms with Gasteiger partial charge in [-0.2, -0.15) is 0 Å². The van der Waals surface area contributed by atoms with Gasteiger partial charge < -0.3 is 15.2 Å². The highest BCUT2D eigenvalue weighted by molar-refractivity contribution is 4.98. The summed E-state index contributed by atoms with van der Waals surface area (Å²) in [6.07, 6.45) is 9.02. The minimum atomic E-state index is 0.198. The molecule has 4 heteroatoms. The fourth-order valence-electron chi connectivity index (χ4n) is 3.80. The van der Waals surface area contributed by atoms with Gasteiger partial charge in [-0.3, -0.25) is 4.90 Å². The second kappa shape index (κ2) is 7.74. The van der Waals surface area contributed by atoms with E-state index >= 15 is 0 Å². The quantitative estimate of drug-likeness (QED) is 0.812. The van der Waals surface area contributed by atoms with E-state index < -0.39 is 0 Å². The molecule has 1 saturated heterocycles. The molecule has 0 amide bonds. The number of rotatable bonds is 6. The van der Waals surface area contributed by atoms with E-state index in [-0.39, 0.29) is 5.54 Å². The maximum Gasteiger partial charge on any atom is 0.0702 e. The smallest absolute Gasteiger partial charge is 0.0702 e. The van der Waals surface area contributed by atoms with Crippen molar-refractivity contribution in [3.63, 3.8) is 0 Å². The van der Waals surface area contributed by atoms with E-state index in [4.69, 9.17) is 15.2 Å². The van der Waals surface area contributed by atoms with Crippen molar-refractivity contribution in [3.8, 4) is 0 Å². The zero-order valence-electron chi connectivity index (χ0n) is 13.3. The van der Waals surface area contributed by atoms with Gasteiger partial charge in [0.2, 0.25) is 0 Å². The lowest BCUT2D eigenvalue weighted by atomic mass is 9.78. The number of nitrogens with zero attached hydrogens (tertiary/aromatic N) is 1. The van der Waals surface area contributed by atoms with Crippen molar-refractivity contribution in [2.45, 2.75) is 69.6 Å². The van der Waals surface area contributed by atoms with Gasteiger partial charge in [0, 0.05) is 32.3 Å². The monoisotopic (exact) mass is 284 g/mol. The van der Waals surface area contributed by atoms with Gasteiger partial charge in [0.05, 0.1) is 12.2 Å². The van der Waals surface area contributed by atoms with E-state index in [1.165, 1.54) is 32.2 Å². The van der Waals surface area contributed by atoms with E-state index in [0.717, 1.165) is 39.0 Å². The predicted molar refractivity (Wildman–Crippen MR) is 81.9 cm³/mol. The molecule has 20 heavy (non-hydrogen) atoms. The Hall–Kier alpha value is -0.160. The van der Waals surface area contributed by atoms with E-state index in [0.29, 0.717) is 12.2 Å². The average Bonchev–Trinajstić information content (AvgIpc) is 2.53. The first kappa shape index (κ1) is 16.2. The third kappa shape index (κ3) is 3.73. The molecule has 0 aromatic rings.